The van der Waals surface area contributed by atoms with Crippen LogP contribution in [0.1, 0.15) is 49.9 Å². The zero-order valence-corrected chi connectivity index (χ0v) is 20.3. The number of nitrogens with one attached hydrogen (secondary N) is 1. The summed E-state index contributed by atoms with van der Waals surface area (Å²) in [6.07, 6.45) is 1.75. The van der Waals surface area contributed by atoms with Gasteiger partial charge in [0.1, 0.15) is 5.92 Å². The van der Waals surface area contributed by atoms with E-state index in [1.54, 1.807) is 42.5 Å². The van der Waals surface area contributed by atoms with Gasteiger partial charge < -0.3 is 15.2 Å². The highest BCUT2D eigenvalue weighted by atomic mass is 35.5. The molecular formula is C29H22ClNO6. The lowest BCUT2D eigenvalue weighted by Gasteiger charge is -2.25. The molecule has 0 saturated carbocycles. The summed E-state index contributed by atoms with van der Waals surface area (Å²) in [6, 6.07) is 18.2. The van der Waals surface area contributed by atoms with Crippen LogP contribution < -0.4 is 5.32 Å². The van der Waals surface area contributed by atoms with Crippen LogP contribution in [0.4, 0.5) is 5.69 Å². The Morgan fingerprint density at radius 2 is 1.57 bits per heavy atom. The minimum absolute atomic E-state index is 0.0910. The second-order valence-corrected chi connectivity index (χ2v) is 10.1. The second-order valence-electron chi connectivity index (χ2n) is 9.70. The number of hydrogen-bond donors (Lipinski definition) is 2. The number of Topliss-reactive ketones (excluding diaryl/α,β-unsaturated/α-hetero) is 2. The van der Waals surface area contributed by atoms with Crippen molar-refractivity contribution in [1.29, 1.82) is 0 Å². The number of carboxylic acid groups (broad SMARTS) is 1. The van der Waals surface area contributed by atoms with Crippen molar-refractivity contribution in [1.82, 2.24) is 0 Å². The van der Waals surface area contributed by atoms with Crippen molar-refractivity contribution in [2.45, 2.75) is 31.0 Å². The molecule has 1 spiro atoms. The highest BCUT2D eigenvalue weighted by Gasteiger charge is 2.71. The summed E-state index contributed by atoms with van der Waals surface area (Å²) in [5.41, 5.74) is 1.17. The monoisotopic (exact) mass is 515 g/mol. The molecule has 2 aliphatic carbocycles. The third kappa shape index (κ3) is 3.53. The van der Waals surface area contributed by atoms with Gasteiger partial charge >= 0.3 is 5.97 Å². The normalized spacial score (nSPS) is 23.2. The molecule has 3 unspecified atom stereocenters. The molecule has 7 nitrogen and oxygen atoms in total. The standard InChI is InChI=1S/C29H22ClNO6/c30-18-11-8-16(9-12-18)24-22(27(34)31-19-13-10-15-4-3-5-17(15)14-19)23(28(35)36)29(37-24)25(32)20-6-1-2-7-21(20)26(29)33/h1-2,6-14,22-24H,3-5H2,(H,31,34)(H,35,36). The van der Waals surface area contributed by atoms with E-state index in [0.29, 0.717) is 16.3 Å². The van der Waals surface area contributed by atoms with E-state index in [9.17, 15) is 24.3 Å². The molecule has 186 valence electrons. The Kier molecular flexibility index (Phi) is 5.51. The molecule has 1 heterocycles. The van der Waals surface area contributed by atoms with Crippen LogP contribution in [-0.4, -0.2) is 34.2 Å². The number of carbonyl (C=O) groups is 4. The molecule has 1 saturated heterocycles. The van der Waals surface area contributed by atoms with Crippen molar-refractivity contribution in [3.63, 3.8) is 0 Å². The average Bonchev–Trinajstić information content (AvgIpc) is 3.56. The zero-order valence-electron chi connectivity index (χ0n) is 19.6. The van der Waals surface area contributed by atoms with E-state index in [-0.39, 0.29) is 11.1 Å². The maximum absolute atomic E-state index is 13.8. The number of hydrogen-bond acceptors (Lipinski definition) is 5. The summed E-state index contributed by atoms with van der Waals surface area (Å²) in [6.45, 7) is 0. The fourth-order valence-electron chi connectivity index (χ4n) is 5.97. The van der Waals surface area contributed by atoms with Crippen molar-refractivity contribution in [2.24, 2.45) is 11.8 Å². The van der Waals surface area contributed by atoms with Gasteiger partial charge in [0.05, 0.1) is 12.0 Å². The number of anilines is 1. The quantitative estimate of drug-likeness (QED) is 0.488. The Bertz CT molecular complexity index is 1440. The van der Waals surface area contributed by atoms with Gasteiger partial charge in [0.15, 0.2) is 0 Å². The number of aryl methyl sites for hydroxylation is 2. The minimum Gasteiger partial charge on any atom is -0.481 e. The van der Waals surface area contributed by atoms with Crippen LogP contribution >= 0.6 is 11.6 Å². The molecule has 2 N–H and O–H groups in total. The van der Waals surface area contributed by atoms with Crippen molar-refractivity contribution in [3.8, 4) is 0 Å². The molecule has 0 bridgehead atoms. The molecule has 3 aromatic carbocycles. The van der Waals surface area contributed by atoms with Gasteiger partial charge in [-0.1, -0.05) is 54.1 Å². The van der Waals surface area contributed by atoms with Crippen LogP contribution in [0.3, 0.4) is 0 Å². The first-order chi connectivity index (χ1) is 17.8. The highest BCUT2D eigenvalue weighted by molar-refractivity contribution is 6.34. The van der Waals surface area contributed by atoms with Gasteiger partial charge in [-0.2, -0.15) is 0 Å². The predicted molar refractivity (Wildman–Crippen MR) is 135 cm³/mol. The Morgan fingerprint density at radius 1 is 0.919 bits per heavy atom. The number of aliphatic carboxylic acids is 1. The Hall–Kier alpha value is -3.81. The lowest BCUT2D eigenvalue weighted by molar-refractivity contribution is -0.147. The third-order valence-electron chi connectivity index (χ3n) is 7.66. The summed E-state index contributed by atoms with van der Waals surface area (Å²) < 4.78 is 6.18. The Labute approximate surface area is 217 Å². The van der Waals surface area contributed by atoms with Crippen molar-refractivity contribution in [2.75, 3.05) is 5.32 Å². The number of fused-ring (bicyclic) bond motifs is 2. The Morgan fingerprint density at radius 3 is 2.22 bits per heavy atom. The summed E-state index contributed by atoms with van der Waals surface area (Å²) in [7, 11) is 0. The van der Waals surface area contributed by atoms with Gasteiger partial charge in [-0.25, -0.2) is 0 Å². The smallest absolute Gasteiger partial charge is 0.311 e. The predicted octanol–water partition coefficient (Wildman–Crippen LogP) is 4.67. The average molecular weight is 516 g/mol. The lowest BCUT2D eigenvalue weighted by Crippen LogP contribution is -2.52. The number of amides is 1. The van der Waals surface area contributed by atoms with Crippen LogP contribution in [0.2, 0.25) is 5.02 Å². The summed E-state index contributed by atoms with van der Waals surface area (Å²) >= 11 is 6.06. The number of ether oxygens (including phenoxy) is 1. The number of halogens is 1. The van der Waals surface area contributed by atoms with Crippen molar-refractivity contribution in [3.05, 3.63) is 99.6 Å². The third-order valence-corrected chi connectivity index (χ3v) is 7.91. The van der Waals surface area contributed by atoms with E-state index in [1.807, 2.05) is 12.1 Å². The van der Waals surface area contributed by atoms with E-state index in [0.717, 1.165) is 24.8 Å². The van der Waals surface area contributed by atoms with Crippen molar-refractivity contribution < 1.29 is 29.0 Å². The molecule has 1 aliphatic heterocycles. The first-order valence-corrected chi connectivity index (χ1v) is 12.5. The molecule has 1 amide bonds. The van der Waals surface area contributed by atoms with Gasteiger partial charge in [0.2, 0.25) is 23.1 Å². The Balaban J connectivity index is 1.46. The molecule has 0 radical (unpaired) electrons. The largest absolute Gasteiger partial charge is 0.481 e. The van der Waals surface area contributed by atoms with E-state index >= 15 is 0 Å². The molecule has 6 rings (SSSR count). The first-order valence-electron chi connectivity index (χ1n) is 12.1. The molecule has 3 aromatic rings. The molecular weight excluding hydrogens is 494 g/mol. The van der Waals surface area contributed by atoms with Crippen LogP contribution in [0.25, 0.3) is 0 Å². The minimum atomic E-state index is -2.35. The van der Waals surface area contributed by atoms with Crippen LogP contribution in [-0.2, 0) is 27.2 Å². The zero-order chi connectivity index (χ0) is 25.9. The topological polar surface area (TPSA) is 110 Å². The summed E-state index contributed by atoms with van der Waals surface area (Å²) in [5.74, 6) is -6.69. The van der Waals surface area contributed by atoms with Gasteiger partial charge in [-0.15, -0.1) is 0 Å². The molecule has 3 aliphatic rings. The van der Waals surface area contributed by atoms with Crippen LogP contribution in [0.15, 0.2) is 66.7 Å². The van der Waals surface area contributed by atoms with Gasteiger partial charge in [-0.05, 0) is 60.2 Å². The molecule has 0 aromatic heterocycles. The maximum Gasteiger partial charge on any atom is 0.311 e. The molecule has 37 heavy (non-hydrogen) atoms. The number of benzene rings is 3. The van der Waals surface area contributed by atoms with Crippen LogP contribution in [0.5, 0.6) is 0 Å². The van der Waals surface area contributed by atoms with E-state index in [2.05, 4.69) is 5.32 Å². The lowest BCUT2D eigenvalue weighted by atomic mass is 9.75. The maximum atomic E-state index is 13.8. The first kappa shape index (κ1) is 23.6. The highest BCUT2D eigenvalue weighted by Crippen LogP contribution is 2.54. The fraction of sp³-hybridized carbons (Fsp3) is 0.241. The number of carboxylic acids is 1. The van der Waals surface area contributed by atoms with E-state index in [4.69, 9.17) is 16.3 Å². The summed E-state index contributed by atoms with van der Waals surface area (Å²) in [4.78, 5) is 53.9. The van der Waals surface area contributed by atoms with E-state index in [1.165, 1.54) is 17.7 Å². The van der Waals surface area contributed by atoms with Crippen LogP contribution in [0, 0.1) is 11.8 Å². The van der Waals surface area contributed by atoms with E-state index < -0.39 is 47.0 Å². The van der Waals surface area contributed by atoms with Gasteiger partial charge in [0, 0.05) is 21.8 Å². The molecule has 3 atom stereocenters. The number of rotatable bonds is 4. The van der Waals surface area contributed by atoms with Crippen molar-refractivity contribution >= 4 is 40.7 Å². The van der Waals surface area contributed by atoms with Gasteiger partial charge in [-0.3, -0.25) is 19.2 Å². The fourth-order valence-corrected chi connectivity index (χ4v) is 6.09. The SMILES string of the molecule is O=C(Nc1ccc2c(c1)CCC2)C1C(c2ccc(Cl)cc2)OC2(C(=O)c3ccccc3C2=O)C1C(=O)O. The molecule has 1 fully saturated rings. The number of carbonyl (C=O) groups excluding carboxylic acids is 3. The second kappa shape index (κ2) is 8.64. The van der Waals surface area contributed by atoms with Gasteiger partial charge in [0.25, 0.3) is 0 Å². The number of ketones is 2. The summed E-state index contributed by atoms with van der Waals surface area (Å²) in [5, 5.41) is 13.7. The molecule has 8 heteroatoms.